The summed E-state index contributed by atoms with van der Waals surface area (Å²) in [5, 5.41) is 3.51. The molecule has 1 fully saturated rings. The molecule has 0 amide bonds. The van der Waals surface area contributed by atoms with E-state index in [0.29, 0.717) is 6.61 Å². The number of nitrogens with one attached hydrogen (secondary N) is 1. The van der Waals surface area contributed by atoms with Crippen molar-refractivity contribution in [2.24, 2.45) is 0 Å². The summed E-state index contributed by atoms with van der Waals surface area (Å²) in [6, 6.07) is 6.84. The smallest absolute Gasteiger partial charge is 0.119 e. The molecule has 1 aliphatic rings. The van der Waals surface area contributed by atoms with Crippen molar-refractivity contribution in [1.82, 2.24) is 5.32 Å². The fourth-order valence-corrected chi connectivity index (χ4v) is 2.07. The minimum Gasteiger partial charge on any atom is -0.494 e. The summed E-state index contributed by atoms with van der Waals surface area (Å²) in [6.07, 6.45) is 9.49. The molecule has 1 aromatic carbocycles. The summed E-state index contributed by atoms with van der Waals surface area (Å²) >= 11 is 3.57. The minimum absolute atomic E-state index is 0.682. The highest BCUT2D eigenvalue weighted by atomic mass is 79.9. The first kappa shape index (κ1) is 13.5. The number of hydrogen-bond donors (Lipinski definition) is 1. The van der Waals surface area contributed by atoms with Crippen LogP contribution < -0.4 is 10.1 Å². The van der Waals surface area contributed by atoms with Crippen LogP contribution >= 0.6 is 15.9 Å². The van der Waals surface area contributed by atoms with Gasteiger partial charge in [0, 0.05) is 23.5 Å². The van der Waals surface area contributed by atoms with Gasteiger partial charge in [-0.05, 0) is 43.0 Å². The number of terminal acetylenes is 1. The molecule has 0 radical (unpaired) electrons. The Morgan fingerprint density at radius 1 is 1.44 bits per heavy atom. The van der Waals surface area contributed by atoms with Gasteiger partial charge in [-0.25, -0.2) is 0 Å². The lowest BCUT2D eigenvalue weighted by molar-refractivity contribution is 0.312. The molecular weight excluding hydrogens is 290 g/mol. The van der Waals surface area contributed by atoms with Gasteiger partial charge >= 0.3 is 0 Å². The molecule has 0 atom stereocenters. The molecule has 18 heavy (non-hydrogen) atoms. The van der Waals surface area contributed by atoms with Gasteiger partial charge in [-0.1, -0.05) is 15.9 Å². The lowest BCUT2D eigenvalue weighted by atomic mass is 10.2. The van der Waals surface area contributed by atoms with E-state index < -0.39 is 0 Å². The van der Waals surface area contributed by atoms with Crippen molar-refractivity contribution >= 4 is 15.9 Å². The van der Waals surface area contributed by atoms with Crippen molar-refractivity contribution in [1.29, 1.82) is 0 Å². The van der Waals surface area contributed by atoms with Crippen LogP contribution in [0.1, 0.15) is 31.2 Å². The van der Waals surface area contributed by atoms with E-state index in [1.165, 1.54) is 18.4 Å². The third-order valence-corrected chi connectivity index (χ3v) is 3.68. The van der Waals surface area contributed by atoms with Crippen LogP contribution in [0.25, 0.3) is 0 Å². The Morgan fingerprint density at radius 2 is 2.28 bits per heavy atom. The summed E-state index contributed by atoms with van der Waals surface area (Å²) in [5.41, 5.74) is 1.25. The molecule has 3 heteroatoms. The highest BCUT2D eigenvalue weighted by Gasteiger charge is 2.20. The second-order valence-electron chi connectivity index (χ2n) is 4.56. The highest BCUT2D eigenvalue weighted by Crippen LogP contribution is 2.25. The lowest BCUT2D eigenvalue weighted by Crippen LogP contribution is -2.15. The second kappa shape index (κ2) is 6.82. The molecule has 0 bridgehead atoms. The van der Waals surface area contributed by atoms with Gasteiger partial charge in [0.15, 0.2) is 0 Å². The fraction of sp³-hybridized carbons (Fsp3) is 0.467. The molecule has 0 spiro atoms. The van der Waals surface area contributed by atoms with E-state index in [-0.39, 0.29) is 0 Å². The van der Waals surface area contributed by atoms with E-state index >= 15 is 0 Å². The Morgan fingerprint density at radius 3 is 3.00 bits per heavy atom. The van der Waals surface area contributed by atoms with E-state index in [2.05, 4.69) is 33.2 Å². The van der Waals surface area contributed by atoms with E-state index in [1.807, 2.05) is 12.1 Å². The monoisotopic (exact) mass is 307 g/mol. The van der Waals surface area contributed by atoms with Gasteiger partial charge < -0.3 is 10.1 Å². The first-order valence-electron chi connectivity index (χ1n) is 6.37. The van der Waals surface area contributed by atoms with Crippen molar-refractivity contribution in [2.45, 2.75) is 38.3 Å². The van der Waals surface area contributed by atoms with Gasteiger partial charge in [0.2, 0.25) is 0 Å². The number of rotatable bonds is 7. The Hall–Kier alpha value is -0.980. The van der Waals surface area contributed by atoms with Crippen LogP contribution in [0, 0.1) is 12.3 Å². The average molecular weight is 308 g/mol. The summed E-state index contributed by atoms with van der Waals surface area (Å²) in [4.78, 5) is 0. The number of ether oxygens (including phenoxy) is 1. The lowest BCUT2D eigenvalue weighted by Gasteiger charge is -2.10. The van der Waals surface area contributed by atoms with Gasteiger partial charge in [-0.3, -0.25) is 0 Å². The second-order valence-corrected chi connectivity index (χ2v) is 5.42. The molecule has 0 unspecified atom stereocenters. The standard InChI is InChI=1S/C15H18BrNO/c1-2-3-4-9-18-14-7-8-15(16)12(10-14)11-17-13-5-6-13/h1,7-8,10,13,17H,3-6,9,11H2. The molecule has 96 valence electrons. The summed E-state index contributed by atoms with van der Waals surface area (Å²) in [5.74, 6) is 3.54. The zero-order valence-electron chi connectivity index (χ0n) is 10.4. The Bertz CT molecular complexity index is 435. The van der Waals surface area contributed by atoms with E-state index in [4.69, 9.17) is 11.2 Å². The molecule has 0 aliphatic heterocycles. The van der Waals surface area contributed by atoms with E-state index in [0.717, 1.165) is 35.7 Å². The average Bonchev–Trinajstić information content (AvgIpc) is 3.19. The molecule has 2 rings (SSSR count). The maximum Gasteiger partial charge on any atom is 0.119 e. The quantitative estimate of drug-likeness (QED) is 0.615. The number of hydrogen-bond acceptors (Lipinski definition) is 2. The van der Waals surface area contributed by atoms with Crippen molar-refractivity contribution in [3.05, 3.63) is 28.2 Å². The topological polar surface area (TPSA) is 21.3 Å². The molecule has 1 aliphatic carbocycles. The normalized spacial score (nSPS) is 14.2. The predicted octanol–water partition coefficient (Wildman–Crippen LogP) is 3.49. The van der Waals surface area contributed by atoms with Gasteiger partial charge in [-0.15, -0.1) is 12.3 Å². The summed E-state index contributed by atoms with van der Waals surface area (Å²) < 4.78 is 6.81. The SMILES string of the molecule is C#CCCCOc1ccc(Br)c(CNC2CC2)c1. The molecule has 1 aromatic rings. The molecule has 1 saturated carbocycles. The highest BCUT2D eigenvalue weighted by molar-refractivity contribution is 9.10. The number of halogens is 1. The Labute approximate surface area is 117 Å². The predicted molar refractivity (Wildman–Crippen MR) is 77.6 cm³/mol. The van der Waals surface area contributed by atoms with Crippen LogP contribution in [0.3, 0.4) is 0 Å². The van der Waals surface area contributed by atoms with Crippen LogP contribution in [-0.2, 0) is 6.54 Å². The first-order chi connectivity index (χ1) is 8.79. The van der Waals surface area contributed by atoms with Crippen LogP contribution in [0.2, 0.25) is 0 Å². The third-order valence-electron chi connectivity index (χ3n) is 2.91. The van der Waals surface area contributed by atoms with Crippen molar-refractivity contribution in [3.8, 4) is 18.1 Å². The molecule has 0 heterocycles. The Kier molecular flexibility index (Phi) is 5.10. The van der Waals surface area contributed by atoms with Crippen LogP contribution in [0.15, 0.2) is 22.7 Å². The largest absolute Gasteiger partial charge is 0.494 e. The van der Waals surface area contributed by atoms with Gasteiger partial charge in [0.25, 0.3) is 0 Å². The molecular formula is C15H18BrNO. The summed E-state index contributed by atoms with van der Waals surface area (Å²) in [6.45, 7) is 1.58. The van der Waals surface area contributed by atoms with Crippen molar-refractivity contribution < 1.29 is 4.74 Å². The fourth-order valence-electron chi connectivity index (χ4n) is 1.68. The van der Waals surface area contributed by atoms with Crippen LogP contribution in [0.4, 0.5) is 0 Å². The van der Waals surface area contributed by atoms with Gasteiger partial charge in [0.05, 0.1) is 6.61 Å². The van der Waals surface area contributed by atoms with Crippen LogP contribution in [0.5, 0.6) is 5.75 Å². The first-order valence-corrected chi connectivity index (χ1v) is 7.17. The number of benzene rings is 1. The zero-order valence-corrected chi connectivity index (χ0v) is 12.0. The number of unbranched alkanes of at least 4 members (excludes halogenated alkanes) is 1. The maximum absolute atomic E-state index is 5.68. The Balaban J connectivity index is 1.86. The van der Waals surface area contributed by atoms with Crippen molar-refractivity contribution in [3.63, 3.8) is 0 Å². The molecule has 2 nitrogen and oxygen atoms in total. The van der Waals surface area contributed by atoms with Gasteiger partial charge in [-0.2, -0.15) is 0 Å². The summed E-state index contributed by atoms with van der Waals surface area (Å²) in [7, 11) is 0. The minimum atomic E-state index is 0.682. The van der Waals surface area contributed by atoms with Crippen molar-refractivity contribution in [2.75, 3.05) is 6.61 Å². The van der Waals surface area contributed by atoms with Crippen LogP contribution in [-0.4, -0.2) is 12.6 Å². The molecule has 0 aromatic heterocycles. The maximum atomic E-state index is 5.68. The van der Waals surface area contributed by atoms with E-state index in [9.17, 15) is 0 Å². The third kappa shape index (κ3) is 4.36. The van der Waals surface area contributed by atoms with E-state index in [1.54, 1.807) is 0 Å². The molecule has 0 saturated heterocycles. The van der Waals surface area contributed by atoms with Gasteiger partial charge in [0.1, 0.15) is 5.75 Å². The zero-order chi connectivity index (χ0) is 12.8. The molecule has 1 N–H and O–H groups in total.